The van der Waals surface area contributed by atoms with Gasteiger partial charge in [0.05, 0.1) is 0 Å². The first kappa shape index (κ1) is 21.1. The van der Waals surface area contributed by atoms with Crippen molar-refractivity contribution in [3.05, 3.63) is 35.9 Å². The molecule has 0 spiro atoms. The van der Waals surface area contributed by atoms with Gasteiger partial charge in [-0.15, -0.1) is 0 Å². The Bertz CT molecular complexity index is 568. The number of hydrogen-bond donors (Lipinski definition) is 2. The third kappa shape index (κ3) is 7.44. The van der Waals surface area contributed by atoms with Gasteiger partial charge in [-0.25, -0.2) is 0 Å². The van der Waals surface area contributed by atoms with Crippen molar-refractivity contribution in [2.24, 2.45) is 10.9 Å². The molecule has 0 radical (unpaired) electrons. The van der Waals surface area contributed by atoms with E-state index >= 15 is 0 Å². The second kappa shape index (κ2) is 12.1. The van der Waals surface area contributed by atoms with E-state index in [1.807, 2.05) is 0 Å². The van der Waals surface area contributed by atoms with Crippen LogP contribution >= 0.6 is 0 Å². The Morgan fingerprint density at radius 2 is 1.82 bits per heavy atom. The molecule has 2 heterocycles. The van der Waals surface area contributed by atoms with Gasteiger partial charge < -0.3 is 20.4 Å². The lowest BCUT2D eigenvalue weighted by Gasteiger charge is -2.26. The number of likely N-dealkylation sites (tertiary alicyclic amines) is 2. The standard InChI is InChI=1S/C23H39N5/c1-2-24-23(25-13-18-27-14-7-4-8-15-27)26-19-22-12-17-28(20-22)16-11-21-9-5-3-6-10-21/h3,5-6,9-10,22H,2,4,7-8,11-20H2,1H3,(H2,24,25,26). The molecule has 0 bridgehead atoms. The van der Waals surface area contributed by atoms with E-state index in [0.717, 1.165) is 38.6 Å². The van der Waals surface area contributed by atoms with Gasteiger partial charge in [0.15, 0.2) is 5.96 Å². The van der Waals surface area contributed by atoms with Crippen LogP contribution in [0.3, 0.4) is 0 Å². The van der Waals surface area contributed by atoms with Crippen molar-refractivity contribution in [2.75, 3.05) is 58.9 Å². The summed E-state index contributed by atoms with van der Waals surface area (Å²) in [5, 5.41) is 6.94. The molecule has 2 saturated heterocycles. The molecule has 0 amide bonds. The zero-order chi connectivity index (χ0) is 19.4. The van der Waals surface area contributed by atoms with E-state index in [4.69, 9.17) is 4.99 Å². The van der Waals surface area contributed by atoms with E-state index in [0.29, 0.717) is 5.92 Å². The number of hydrogen-bond acceptors (Lipinski definition) is 3. The van der Waals surface area contributed by atoms with Crippen molar-refractivity contribution in [1.82, 2.24) is 20.4 Å². The Morgan fingerprint density at radius 3 is 2.61 bits per heavy atom. The fraction of sp³-hybridized carbons (Fsp3) is 0.696. The lowest BCUT2D eigenvalue weighted by atomic mass is 10.1. The monoisotopic (exact) mass is 385 g/mol. The zero-order valence-electron chi connectivity index (χ0n) is 17.7. The van der Waals surface area contributed by atoms with Crippen LogP contribution in [-0.2, 0) is 6.42 Å². The number of benzene rings is 1. The van der Waals surface area contributed by atoms with Crippen molar-refractivity contribution in [2.45, 2.75) is 39.0 Å². The van der Waals surface area contributed by atoms with Gasteiger partial charge in [0.2, 0.25) is 0 Å². The molecule has 5 heteroatoms. The number of nitrogens with one attached hydrogen (secondary N) is 2. The minimum atomic E-state index is 0.688. The highest BCUT2D eigenvalue weighted by molar-refractivity contribution is 5.79. The van der Waals surface area contributed by atoms with E-state index in [2.05, 4.69) is 57.7 Å². The second-order valence-electron chi connectivity index (χ2n) is 8.24. The molecule has 3 rings (SSSR count). The van der Waals surface area contributed by atoms with Gasteiger partial charge in [0.1, 0.15) is 0 Å². The molecule has 28 heavy (non-hydrogen) atoms. The minimum Gasteiger partial charge on any atom is -0.357 e. The highest BCUT2D eigenvalue weighted by Gasteiger charge is 2.22. The van der Waals surface area contributed by atoms with Crippen LogP contribution in [0.15, 0.2) is 35.3 Å². The van der Waals surface area contributed by atoms with Gasteiger partial charge in [-0.3, -0.25) is 4.99 Å². The van der Waals surface area contributed by atoms with Crippen LogP contribution in [0.2, 0.25) is 0 Å². The molecule has 1 unspecified atom stereocenters. The summed E-state index contributed by atoms with van der Waals surface area (Å²) in [5.74, 6) is 1.68. The Morgan fingerprint density at radius 1 is 1.00 bits per heavy atom. The molecule has 0 saturated carbocycles. The van der Waals surface area contributed by atoms with E-state index in [9.17, 15) is 0 Å². The van der Waals surface area contributed by atoms with Gasteiger partial charge in [-0.2, -0.15) is 0 Å². The summed E-state index contributed by atoms with van der Waals surface area (Å²) in [6.07, 6.45) is 6.54. The summed E-state index contributed by atoms with van der Waals surface area (Å²) in [6.45, 7) is 12.2. The maximum absolute atomic E-state index is 4.88. The zero-order valence-corrected chi connectivity index (χ0v) is 17.7. The molecule has 1 atom stereocenters. The van der Waals surface area contributed by atoms with Gasteiger partial charge in [0.25, 0.3) is 0 Å². The third-order valence-corrected chi connectivity index (χ3v) is 5.95. The van der Waals surface area contributed by atoms with Gasteiger partial charge in [0, 0.05) is 39.3 Å². The predicted octanol–water partition coefficient (Wildman–Crippen LogP) is 2.59. The van der Waals surface area contributed by atoms with Crippen LogP contribution in [-0.4, -0.2) is 74.7 Å². The Kier molecular flexibility index (Phi) is 9.11. The number of nitrogens with zero attached hydrogens (tertiary/aromatic N) is 3. The first-order chi connectivity index (χ1) is 13.8. The molecule has 0 aromatic heterocycles. The average molecular weight is 386 g/mol. The molecule has 2 aliphatic rings. The molecular weight excluding hydrogens is 346 g/mol. The molecule has 156 valence electrons. The van der Waals surface area contributed by atoms with Crippen LogP contribution in [0.4, 0.5) is 0 Å². The quantitative estimate of drug-likeness (QED) is 0.507. The summed E-state index contributed by atoms with van der Waals surface area (Å²) >= 11 is 0. The van der Waals surface area contributed by atoms with Crippen molar-refractivity contribution >= 4 is 5.96 Å². The van der Waals surface area contributed by atoms with Crippen LogP contribution in [0.5, 0.6) is 0 Å². The topological polar surface area (TPSA) is 42.9 Å². The smallest absolute Gasteiger partial charge is 0.191 e. The second-order valence-corrected chi connectivity index (χ2v) is 8.24. The van der Waals surface area contributed by atoms with Crippen LogP contribution in [0, 0.1) is 5.92 Å². The average Bonchev–Trinajstić information content (AvgIpc) is 3.20. The largest absolute Gasteiger partial charge is 0.357 e. The summed E-state index contributed by atoms with van der Waals surface area (Å²) in [6, 6.07) is 10.8. The molecule has 2 fully saturated rings. The molecule has 1 aromatic carbocycles. The maximum Gasteiger partial charge on any atom is 0.191 e. The van der Waals surface area contributed by atoms with E-state index in [1.54, 1.807) is 0 Å². The highest BCUT2D eigenvalue weighted by Crippen LogP contribution is 2.17. The molecule has 0 aliphatic carbocycles. The number of rotatable bonds is 9. The van der Waals surface area contributed by atoms with Crippen LogP contribution in [0.25, 0.3) is 0 Å². The van der Waals surface area contributed by atoms with Crippen LogP contribution in [0.1, 0.15) is 38.2 Å². The lowest BCUT2D eigenvalue weighted by Crippen LogP contribution is -2.43. The summed E-state index contributed by atoms with van der Waals surface area (Å²) in [5.41, 5.74) is 1.44. The summed E-state index contributed by atoms with van der Waals surface area (Å²) < 4.78 is 0. The van der Waals surface area contributed by atoms with Crippen molar-refractivity contribution in [3.8, 4) is 0 Å². The first-order valence-corrected chi connectivity index (χ1v) is 11.3. The van der Waals surface area contributed by atoms with E-state index in [1.165, 1.54) is 64.0 Å². The number of aliphatic imine (C=N–C) groups is 1. The summed E-state index contributed by atoms with van der Waals surface area (Å²) in [7, 11) is 0. The van der Waals surface area contributed by atoms with E-state index in [-0.39, 0.29) is 0 Å². The van der Waals surface area contributed by atoms with Crippen molar-refractivity contribution < 1.29 is 0 Å². The van der Waals surface area contributed by atoms with Crippen molar-refractivity contribution in [1.29, 1.82) is 0 Å². The molecule has 5 nitrogen and oxygen atoms in total. The normalized spacial score (nSPS) is 21.8. The molecule has 2 N–H and O–H groups in total. The Hall–Kier alpha value is -1.59. The fourth-order valence-electron chi connectivity index (χ4n) is 4.27. The van der Waals surface area contributed by atoms with Gasteiger partial charge in [-0.05, 0) is 63.7 Å². The SMILES string of the molecule is CCNC(=NCC1CCN(CCc2ccccc2)C1)NCCN1CCCCC1. The lowest BCUT2D eigenvalue weighted by molar-refractivity contribution is 0.232. The van der Waals surface area contributed by atoms with Gasteiger partial charge in [-0.1, -0.05) is 36.8 Å². The molecular formula is C23H39N5. The Balaban J connectivity index is 1.35. The molecule has 1 aromatic rings. The van der Waals surface area contributed by atoms with Gasteiger partial charge >= 0.3 is 0 Å². The minimum absolute atomic E-state index is 0.688. The highest BCUT2D eigenvalue weighted by atomic mass is 15.2. The number of piperidine rings is 1. The van der Waals surface area contributed by atoms with Crippen molar-refractivity contribution in [3.63, 3.8) is 0 Å². The first-order valence-electron chi connectivity index (χ1n) is 11.3. The van der Waals surface area contributed by atoms with E-state index < -0.39 is 0 Å². The summed E-state index contributed by atoms with van der Waals surface area (Å²) in [4.78, 5) is 10.1. The number of guanidine groups is 1. The molecule has 2 aliphatic heterocycles. The predicted molar refractivity (Wildman–Crippen MR) is 119 cm³/mol. The Labute approximate surface area is 171 Å². The third-order valence-electron chi connectivity index (χ3n) is 5.95. The maximum atomic E-state index is 4.88. The fourth-order valence-corrected chi connectivity index (χ4v) is 4.27. The van der Waals surface area contributed by atoms with Crippen LogP contribution < -0.4 is 10.6 Å².